The lowest BCUT2D eigenvalue weighted by Crippen LogP contribution is -2.18. The van der Waals surface area contributed by atoms with Crippen LogP contribution in [0.4, 0.5) is 0 Å². The fraction of sp³-hybridized carbons (Fsp3) is 0. The highest BCUT2D eigenvalue weighted by atomic mass is 35.5. The summed E-state index contributed by atoms with van der Waals surface area (Å²) in [5.74, 6) is 0. The number of hydrogen-bond donors (Lipinski definition) is 2. The number of hydrogen-bond acceptors (Lipinski definition) is 2. The van der Waals surface area contributed by atoms with E-state index in [4.69, 9.17) is 11.6 Å². The van der Waals surface area contributed by atoms with Gasteiger partial charge in [0.25, 0.3) is 5.56 Å². The van der Waals surface area contributed by atoms with Crippen molar-refractivity contribution in [3.63, 3.8) is 0 Å². The lowest BCUT2D eigenvalue weighted by molar-refractivity contribution is 1.00. The van der Waals surface area contributed by atoms with E-state index in [1.165, 1.54) is 4.57 Å². The zero-order valence-corrected chi connectivity index (χ0v) is 9.86. The maximum Gasteiger partial charge on any atom is 0.323 e. The molecule has 0 aliphatic rings. The van der Waals surface area contributed by atoms with Crippen molar-refractivity contribution in [2.24, 2.45) is 0 Å². The number of halogens is 1. The van der Waals surface area contributed by atoms with E-state index in [-0.39, 0.29) is 11.1 Å². The van der Waals surface area contributed by atoms with Crippen molar-refractivity contribution in [1.82, 2.24) is 14.5 Å². The van der Waals surface area contributed by atoms with Gasteiger partial charge < -0.3 is 9.97 Å². The molecule has 0 radical (unpaired) electrons. The molecule has 18 heavy (non-hydrogen) atoms. The first-order valence-corrected chi connectivity index (χ1v) is 5.63. The number of H-pyrrole nitrogens is 2. The molecular formula is C12H8ClN3O2. The van der Waals surface area contributed by atoms with Gasteiger partial charge in [-0.3, -0.25) is 9.36 Å². The standard InChI is InChI=1S/C12H8ClN3O2/c13-7-3-1-2-4-9(7)16-6-5-8-10(11(16)17)15-12(18)14-8/h1-6H,(H2,14,15,18). The molecule has 2 aromatic heterocycles. The highest BCUT2D eigenvalue weighted by molar-refractivity contribution is 6.32. The van der Waals surface area contributed by atoms with Gasteiger partial charge in [-0.1, -0.05) is 23.7 Å². The van der Waals surface area contributed by atoms with E-state index < -0.39 is 5.69 Å². The zero-order valence-electron chi connectivity index (χ0n) is 9.11. The second-order valence-electron chi connectivity index (χ2n) is 3.81. The first kappa shape index (κ1) is 10.9. The Hall–Kier alpha value is -2.27. The van der Waals surface area contributed by atoms with E-state index in [0.717, 1.165) is 0 Å². The van der Waals surface area contributed by atoms with E-state index in [2.05, 4.69) is 9.97 Å². The van der Waals surface area contributed by atoms with Crippen LogP contribution >= 0.6 is 11.6 Å². The molecule has 0 saturated heterocycles. The number of nitrogens with zero attached hydrogens (tertiary/aromatic N) is 1. The molecule has 0 bridgehead atoms. The van der Waals surface area contributed by atoms with Gasteiger partial charge in [-0.05, 0) is 18.2 Å². The minimum absolute atomic E-state index is 0.238. The number of aromatic nitrogens is 3. The highest BCUT2D eigenvalue weighted by Crippen LogP contribution is 2.18. The zero-order chi connectivity index (χ0) is 12.7. The van der Waals surface area contributed by atoms with Gasteiger partial charge in [-0.2, -0.15) is 0 Å². The fourth-order valence-corrected chi connectivity index (χ4v) is 2.09. The third-order valence-electron chi connectivity index (χ3n) is 2.69. The predicted molar refractivity (Wildman–Crippen MR) is 69.5 cm³/mol. The summed E-state index contributed by atoms with van der Waals surface area (Å²) in [6, 6.07) is 8.66. The smallest absolute Gasteiger partial charge is 0.305 e. The summed E-state index contributed by atoms with van der Waals surface area (Å²) >= 11 is 6.05. The van der Waals surface area contributed by atoms with Gasteiger partial charge in [0.1, 0.15) is 5.52 Å². The molecule has 90 valence electrons. The van der Waals surface area contributed by atoms with Gasteiger partial charge in [0, 0.05) is 6.20 Å². The van der Waals surface area contributed by atoms with Crippen LogP contribution in [-0.4, -0.2) is 14.5 Å². The van der Waals surface area contributed by atoms with Crippen LogP contribution in [0.25, 0.3) is 16.7 Å². The van der Waals surface area contributed by atoms with Gasteiger partial charge in [-0.25, -0.2) is 4.79 Å². The van der Waals surface area contributed by atoms with Crippen molar-refractivity contribution < 1.29 is 0 Å². The Morgan fingerprint density at radius 2 is 1.83 bits per heavy atom. The van der Waals surface area contributed by atoms with Crippen LogP contribution < -0.4 is 11.2 Å². The van der Waals surface area contributed by atoms with Gasteiger partial charge in [0.15, 0.2) is 0 Å². The van der Waals surface area contributed by atoms with Crippen LogP contribution in [-0.2, 0) is 0 Å². The molecule has 6 heteroatoms. The van der Waals surface area contributed by atoms with Crippen LogP contribution in [0.5, 0.6) is 0 Å². The molecule has 5 nitrogen and oxygen atoms in total. The van der Waals surface area contributed by atoms with Crippen molar-refractivity contribution in [3.05, 3.63) is 62.4 Å². The average Bonchev–Trinajstić information content (AvgIpc) is 2.73. The highest BCUT2D eigenvalue weighted by Gasteiger charge is 2.09. The van der Waals surface area contributed by atoms with Crippen LogP contribution in [0.15, 0.2) is 46.1 Å². The molecule has 3 rings (SSSR count). The Labute approximate surface area is 106 Å². The number of nitrogens with one attached hydrogen (secondary N) is 2. The number of aromatic amines is 2. The number of pyridine rings is 1. The summed E-state index contributed by atoms with van der Waals surface area (Å²) < 4.78 is 1.40. The molecule has 2 heterocycles. The number of imidazole rings is 1. The van der Waals surface area contributed by atoms with Crippen LogP contribution in [0, 0.1) is 0 Å². The Balaban J connectivity index is 2.38. The Bertz CT molecular complexity index is 844. The predicted octanol–water partition coefficient (Wildman–Crippen LogP) is 1.66. The summed E-state index contributed by atoms with van der Waals surface area (Å²) in [5.41, 5.74) is 0.571. The van der Waals surface area contributed by atoms with E-state index in [0.29, 0.717) is 16.2 Å². The van der Waals surface area contributed by atoms with Crippen LogP contribution in [0.1, 0.15) is 0 Å². The summed E-state index contributed by atoms with van der Waals surface area (Å²) in [7, 11) is 0. The van der Waals surface area contributed by atoms with Gasteiger partial charge in [-0.15, -0.1) is 0 Å². The lowest BCUT2D eigenvalue weighted by Gasteiger charge is -2.06. The first-order valence-electron chi connectivity index (χ1n) is 5.25. The topological polar surface area (TPSA) is 70.7 Å². The van der Waals surface area contributed by atoms with E-state index in [9.17, 15) is 9.59 Å². The lowest BCUT2D eigenvalue weighted by atomic mass is 10.3. The first-order chi connectivity index (χ1) is 8.66. The van der Waals surface area contributed by atoms with Crippen molar-refractivity contribution in [3.8, 4) is 5.69 Å². The van der Waals surface area contributed by atoms with E-state index in [1.54, 1.807) is 36.5 Å². The summed E-state index contributed by atoms with van der Waals surface area (Å²) in [6.45, 7) is 0. The molecule has 3 aromatic rings. The second-order valence-corrected chi connectivity index (χ2v) is 4.22. The molecular weight excluding hydrogens is 254 g/mol. The minimum Gasteiger partial charge on any atom is -0.305 e. The fourth-order valence-electron chi connectivity index (χ4n) is 1.86. The van der Waals surface area contributed by atoms with Gasteiger partial charge in [0.05, 0.1) is 16.2 Å². The molecule has 0 aliphatic heterocycles. The number of para-hydroxylation sites is 1. The molecule has 2 N–H and O–H groups in total. The monoisotopic (exact) mass is 261 g/mol. The average molecular weight is 262 g/mol. The molecule has 0 fully saturated rings. The second kappa shape index (κ2) is 3.89. The van der Waals surface area contributed by atoms with Gasteiger partial charge >= 0.3 is 5.69 Å². The number of benzene rings is 1. The van der Waals surface area contributed by atoms with Crippen LogP contribution in [0.3, 0.4) is 0 Å². The van der Waals surface area contributed by atoms with Crippen molar-refractivity contribution >= 4 is 22.6 Å². The van der Waals surface area contributed by atoms with Crippen molar-refractivity contribution in [2.75, 3.05) is 0 Å². The summed E-state index contributed by atoms with van der Waals surface area (Å²) in [4.78, 5) is 28.4. The third-order valence-corrected chi connectivity index (χ3v) is 3.01. The SMILES string of the molecule is O=c1[nH]c2ccn(-c3ccccc3Cl)c(=O)c2[nH]1. The largest absolute Gasteiger partial charge is 0.323 e. The minimum atomic E-state index is -0.404. The number of fused-ring (bicyclic) bond motifs is 1. The summed E-state index contributed by atoms with van der Waals surface area (Å²) in [5, 5.41) is 0.469. The molecule has 0 unspecified atom stereocenters. The maximum atomic E-state index is 12.2. The van der Waals surface area contributed by atoms with Crippen LogP contribution in [0.2, 0.25) is 5.02 Å². The van der Waals surface area contributed by atoms with Crippen molar-refractivity contribution in [2.45, 2.75) is 0 Å². The molecule has 0 atom stereocenters. The Morgan fingerprint density at radius 3 is 2.61 bits per heavy atom. The van der Waals surface area contributed by atoms with E-state index in [1.807, 2.05) is 0 Å². The molecule has 0 aliphatic carbocycles. The number of rotatable bonds is 1. The molecule has 0 amide bonds. The third kappa shape index (κ3) is 1.56. The molecule has 0 saturated carbocycles. The van der Waals surface area contributed by atoms with Gasteiger partial charge in [0.2, 0.25) is 0 Å². The normalized spacial score (nSPS) is 10.9. The Morgan fingerprint density at radius 1 is 1.06 bits per heavy atom. The molecule has 1 aromatic carbocycles. The molecule has 0 spiro atoms. The summed E-state index contributed by atoms with van der Waals surface area (Å²) in [6.07, 6.45) is 1.58. The van der Waals surface area contributed by atoms with Crippen molar-refractivity contribution in [1.29, 1.82) is 0 Å². The quantitative estimate of drug-likeness (QED) is 0.699. The Kier molecular flexibility index (Phi) is 2.34. The maximum absolute atomic E-state index is 12.2. The van der Waals surface area contributed by atoms with E-state index >= 15 is 0 Å².